The fourth-order valence-corrected chi connectivity index (χ4v) is 3.88. The zero-order valence-corrected chi connectivity index (χ0v) is 16.6. The minimum Gasteiger partial charge on any atom is -0.347 e. The Balaban J connectivity index is 1.59. The lowest BCUT2D eigenvalue weighted by molar-refractivity contribution is 0.0916. The highest BCUT2D eigenvalue weighted by Crippen LogP contribution is 2.20. The highest BCUT2D eigenvalue weighted by Gasteiger charge is 2.24. The average Bonchev–Trinajstić information content (AvgIpc) is 3.15. The number of anilines is 1. The summed E-state index contributed by atoms with van der Waals surface area (Å²) in [5.41, 5.74) is 2.78. The molecular weight excluding hydrogens is 364 g/mol. The molecule has 3 aromatic rings. The van der Waals surface area contributed by atoms with Crippen molar-refractivity contribution in [1.29, 1.82) is 0 Å². The summed E-state index contributed by atoms with van der Waals surface area (Å²) < 4.78 is 1.69. The fourth-order valence-electron chi connectivity index (χ4n) is 3.88. The summed E-state index contributed by atoms with van der Waals surface area (Å²) in [5, 5.41) is 5.98. The number of hydrogen-bond donors (Lipinski definition) is 2. The van der Waals surface area contributed by atoms with Crippen molar-refractivity contribution in [3.05, 3.63) is 65.7 Å². The van der Waals surface area contributed by atoms with Crippen LogP contribution in [-0.4, -0.2) is 27.2 Å². The van der Waals surface area contributed by atoms with Crippen LogP contribution < -0.4 is 10.6 Å². The maximum absolute atomic E-state index is 12.9. The molecule has 1 aliphatic rings. The second-order valence-corrected chi connectivity index (χ2v) is 7.55. The molecule has 29 heavy (non-hydrogen) atoms. The van der Waals surface area contributed by atoms with E-state index in [0.717, 1.165) is 32.1 Å². The van der Waals surface area contributed by atoms with Gasteiger partial charge in [-0.2, -0.15) is 0 Å². The number of aromatic nitrogens is 2. The number of hydrogen-bond acceptors (Lipinski definition) is 3. The molecule has 6 heteroatoms. The molecule has 6 nitrogen and oxygen atoms in total. The van der Waals surface area contributed by atoms with Crippen molar-refractivity contribution in [2.75, 3.05) is 5.32 Å². The zero-order valence-electron chi connectivity index (χ0n) is 16.6. The smallest absolute Gasteiger partial charge is 0.287 e. The van der Waals surface area contributed by atoms with Gasteiger partial charge in [-0.05, 0) is 49.1 Å². The van der Waals surface area contributed by atoms with E-state index in [0.29, 0.717) is 11.2 Å². The monoisotopic (exact) mass is 390 g/mol. The van der Waals surface area contributed by atoms with Gasteiger partial charge in [-0.3, -0.25) is 14.0 Å². The van der Waals surface area contributed by atoms with E-state index in [4.69, 9.17) is 0 Å². The first kappa shape index (κ1) is 19.2. The molecule has 2 N–H and O–H groups in total. The lowest BCUT2D eigenvalue weighted by Gasteiger charge is -2.22. The Bertz CT molecular complexity index is 1020. The van der Waals surface area contributed by atoms with E-state index in [1.165, 1.54) is 12.0 Å². The van der Waals surface area contributed by atoms with Crippen LogP contribution in [0.1, 0.15) is 65.7 Å². The molecule has 0 atom stereocenters. The number of aryl methyl sites for hydroxylation is 1. The van der Waals surface area contributed by atoms with Gasteiger partial charge in [-0.25, -0.2) is 4.98 Å². The third-order valence-electron chi connectivity index (χ3n) is 5.53. The number of benzene rings is 1. The van der Waals surface area contributed by atoms with Crippen molar-refractivity contribution >= 4 is 23.0 Å². The van der Waals surface area contributed by atoms with E-state index in [-0.39, 0.29) is 29.4 Å². The van der Waals surface area contributed by atoms with Crippen LogP contribution in [-0.2, 0) is 6.42 Å². The average molecular weight is 390 g/mol. The van der Waals surface area contributed by atoms with Crippen LogP contribution in [0.2, 0.25) is 0 Å². The number of nitrogens with one attached hydrogen (secondary N) is 2. The SMILES string of the molecule is CCc1ccc(NC(=O)c2nc(C(=O)NC3CCCCC3)n3ccccc23)cc1. The molecule has 1 aliphatic carbocycles. The summed E-state index contributed by atoms with van der Waals surface area (Å²) in [4.78, 5) is 30.2. The third kappa shape index (κ3) is 4.16. The minimum absolute atomic E-state index is 0.182. The van der Waals surface area contributed by atoms with Gasteiger partial charge in [0.05, 0.1) is 5.52 Å². The van der Waals surface area contributed by atoms with Gasteiger partial charge in [0.25, 0.3) is 11.8 Å². The number of pyridine rings is 1. The normalized spacial score (nSPS) is 14.7. The summed E-state index contributed by atoms with van der Waals surface area (Å²) in [7, 11) is 0. The Morgan fingerprint density at radius 1 is 1.03 bits per heavy atom. The van der Waals surface area contributed by atoms with Gasteiger partial charge in [0, 0.05) is 17.9 Å². The number of fused-ring (bicyclic) bond motifs is 1. The second kappa shape index (κ2) is 8.47. The van der Waals surface area contributed by atoms with Crippen LogP contribution in [0.3, 0.4) is 0 Å². The largest absolute Gasteiger partial charge is 0.347 e. The second-order valence-electron chi connectivity index (χ2n) is 7.55. The van der Waals surface area contributed by atoms with E-state index in [9.17, 15) is 9.59 Å². The molecule has 2 aromatic heterocycles. The van der Waals surface area contributed by atoms with E-state index >= 15 is 0 Å². The molecule has 0 spiro atoms. The van der Waals surface area contributed by atoms with Gasteiger partial charge >= 0.3 is 0 Å². The van der Waals surface area contributed by atoms with Crippen molar-refractivity contribution in [2.45, 2.75) is 51.5 Å². The molecule has 2 amide bonds. The van der Waals surface area contributed by atoms with Gasteiger partial charge in [0.15, 0.2) is 5.69 Å². The third-order valence-corrected chi connectivity index (χ3v) is 5.53. The molecule has 0 saturated heterocycles. The molecule has 1 saturated carbocycles. The summed E-state index contributed by atoms with van der Waals surface area (Å²) in [6.45, 7) is 2.09. The maximum atomic E-state index is 12.9. The van der Waals surface area contributed by atoms with Crippen LogP contribution >= 0.6 is 0 Å². The molecule has 0 unspecified atom stereocenters. The number of carbonyl (C=O) groups excluding carboxylic acids is 2. The van der Waals surface area contributed by atoms with Gasteiger partial charge in [0.2, 0.25) is 5.82 Å². The number of rotatable bonds is 5. The predicted molar refractivity (Wildman–Crippen MR) is 113 cm³/mol. The van der Waals surface area contributed by atoms with Crippen molar-refractivity contribution in [2.24, 2.45) is 0 Å². The quantitative estimate of drug-likeness (QED) is 0.685. The number of imidazole rings is 1. The fraction of sp³-hybridized carbons (Fsp3) is 0.348. The number of carbonyl (C=O) groups is 2. The summed E-state index contributed by atoms with van der Waals surface area (Å²) >= 11 is 0. The van der Waals surface area contributed by atoms with Gasteiger partial charge in [-0.1, -0.05) is 44.4 Å². The van der Waals surface area contributed by atoms with Crippen LogP contribution in [0.5, 0.6) is 0 Å². The maximum Gasteiger partial charge on any atom is 0.287 e. The van der Waals surface area contributed by atoms with Crippen LogP contribution in [0.4, 0.5) is 5.69 Å². The first-order valence-corrected chi connectivity index (χ1v) is 10.3. The van der Waals surface area contributed by atoms with E-state index < -0.39 is 0 Å². The van der Waals surface area contributed by atoms with E-state index in [1.807, 2.05) is 36.4 Å². The minimum atomic E-state index is -0.324. The van der Waals surface area contributed by atoms with Crippen LogP contribution in [0, 0.1) is 0 Å². The highest BCUT2D eigenvalue weighted by atomic mass is 16.2. The zero-order chi connectivity index (χ0) is 20.2. The Labute approximate surface area is 170 Å². The molecule has 2 heterocycles. The Morgan fingerprint density at radius 3 is 2.52 bits per heavy atom. The molecule has 1 aromatic carbocycles. The molecule has 0 radical (unpaired) electrons. The van der Waals surface area contributed by atoms with Gasteiger partial charge < -0.3 is 10.6 Å². The molecule has 1 fully saturated rings. The van der Waals surface area contributed by atoms with Crippen LogP contribution in [0.15, 0.2) is 48.7 Å². The van der Waals surface area contributed by atoms with Gasteiger partial charge in [-0.15, -0.1) is 0 Å². The molecule has 150 valence electrons. The molecular formula is C23H26N4O2. The molecule has 0 aliphatic heterocycles. The predicted octanol–water partition coefficient (Wildman–Crippen LogP) is 4.21. The Hall–Kier alpha value is -3.15. The van der Waals surface area contributed by atoms with Crippen molar-refractivity contribution in [3.8, 4) is 0 Å². The van der Waals surface area contributed by atoms with E-state index in [2.05, 4.69) is 22.5 Å². The van der Waals surface area contributed by atoms with Crippen molar-refractivity contribution < 1.29 is 9.59 Å². The van der Waals surface area contributed by atoms with Crippen LogP contribution in [0.25, 0.3) is 5.52 Å². The van der Waals surface area contributed by atoms with Crippen molar-refractivity contribution in [3.63, 3.8) is 0 Å². The van der Waals surface area contributed by atoms with Gasteiger partial charge in [0.1, 0.15) is 0 Å². The molecule has 4 rings (SSSR count). The highest BCUT2D eigenvalue weighted by molar-refractivity contribution is 6.08. The van der Waals surface area contributed by atoms with Crippen molar-refractivity contribution in [1.82, 2.24) is 14.7 Å². The Kier molecular flexibility index (Phi) is 5.60. The van der Waals surface area contributed by atoms with E-state index in [1.54, 1.807) is 16.7 Å². The summed E-state index contributed by atoms with van der Waals surface area (Å²) in [6.07, 6.45) is 8.20. The Morgan fingerprint density at radius 2 is 1.79 bits per heavy atom. The number of nitrogens with zero attached hydrogens (tertiary/aromatic N) is 2. The lowest BCUT2D eigenvalue weighted by Crippen LogP contribution is -2.37. The standard InChI is InChI=1S/C23H26N4O2/c1-2-16-11-13-18(14-12-16)24-22(28)20-19-10-6-7-15-27(19)21(26-20)23(29)25-17-8-4-3-5-9-17/h6-7,10-15,17H,2-5,8-9H2,1H3,(H,24,28)(H,25,29). The summed E-state index contributed by atoms with van der Waals surface area (Å²) in [5.74, 6) is -0.309. The topological polar surface area (TPSA) is 75.5 Å². The lowest BCUT2D eigenvalue weighted by atomic mass is 9.95. The first-order valence-electron chi connectivity index (χ1n) is 10.3. The molecule has 0 bridgehead atoms. The summed E-state index contributed by atoms with van der Waals surface area (Å²) in [6, 6.07) is 13.4. The number of amides is 2. The first-order chi connectivity index (χ1) is 14.2.